The Kier molecular flexibility index (Phi) is 4.10. The molecule has 150 valence electrons. The fraction of sp³-hybridized carbons (Fsp3) is 0.133. The molecule has 0 aromatic heterocycles. The third-order valence-corrected chi connectivity index (χ3v) is 7.32. The van der Waals surface area contributed by atoms with E-state index in [1.165, 1.54) is 65.3 Å². The van der Waals surface area contributed by atoms with Gasteiger partial charge in [-0.25, -0.2) is 0 Å². The highest BCUT2D eigenvalue weighted by Crippen LogP contribution is 2.44. The molecular formula is C30H23I. The molecule has 6 rings (SSSR count). The molecule has 0 fully saturated rings. The Morgan fingerprint density at radius 3 is 1.84 bits per heavy atom. The van der Waals surface area contributed by atoms with Crippen molar-refractivity contribution in [1.29, 1.82) is 0 Å². The zero-order valence-electron chi connectivity index (χ0n) is 18.0. The van der Waals surface area contributed by atoms with Gasteiger partial charge < -0.3 is 0 Å². The van der Waals surface area contributed by atoms with Crippen molar-refractivity contribution in [2.45, 2.75) is 24.2 Å². The van der Waals surface area contributed by atoms with E-state index in [2.05, 4.69) is 128 Å². The molecule has 0 saturated heterocycles. The van der Waals surface area contributed by atoms with Crippen LogP contribution in [0.15, 0.2) is 84.9 Å². The average molecular weight is 510 g/mol. The van der Waals surface area contributed by atoms with E-state index in [0.717, 1.165) is 0 Å². The Balaban J connectivity index is 1.78. The molecule has 0 saturated carbocycles. The van der Waals surface area contributed by atoms with Gasteiger partial charge in [0.2, 0.25) is 0 Å². The molecule has 31 heavy (non-hydrogen) atoms. The van der Waals surface area contributed by atoms with Gasteiger partial charge >= 0.3 is 0 Å². The quantitative estimate of drug-likeness (QED) is 0.124. The van der Waals surface area contributed by atoms with Gasteiger partial charge in [-0.15, -0.1) is 0 Å². The van der Waals surface area contributed by atoms with Gasteiger partial charge in [0.1, 0.15) is 0 Å². The molecule has 0 amide bonds. The van der Waals surface area contributed by atoms with Crippen LogP contribution in [0.2, 0.25) is 0 Å². The summed E-state index contributed by atoms with van der Waals surface area (Å²) in [7, 11) is 0. The summed E-state index contributed by atoms with van der Waals surface area (Å²) in [5.74, 6) is 0. The number of hydrogen-bond donors (Lipinski definition) is 0. The van der Waals surface area contributed by atoms with Crippen LogP contribution in [0.4, 0.5) is 0 Å². The van der Waals surface area contributed by atoms with E-state index in [9.17, 15) is 0 Å². The number of halogens is 1. The molecule has 0 aliphatic heterocycles. The van der Waals surface area contributed by atoms with E-state index in [1.54, 1.807) is 0 Å². The molecule has 0 radical (unpaired) electrons. The minimum atomic E-state index is 0.0794. The van der Waals surface area contributed by atoms with Crippen molar-refractivity contribution < 1.29 is 0 Å². The molecule has 0 aliphatic carbocycles. The molecule has 0 spiro atoms. The number of aryl methyl sites for hydroxylation is 1. The van der Waals surface area contributed by atoms with Gasteiger partial charge in [-0.3, -0.25) is 0 Å². The van der Waals surface area contributed by atoms with E-state index < -0.39 is 0 Å². The minimum absolute atomic E-state index is 0.0794. The second kappa shape index (κ2) is 6.67. The van der Waals surface area contributed by atoms with Crippen molar-refractivity contribution in [2.75, 3.05) is 0 Å². The fourth-order valence-electron chi connectivity index (χ4n) is 5.24. The van der Waals surface area contributed by atoms with Crippen LogP contribution < -0.4 is 0 Å². The normalized spacial score (nSPS) is 12.5. The van der Waals surface area contributed by atoms with Crippen LogP contribution in [0.5, 0.6) is 0 Å². The molecule has 0 nitrogen and oxygen atoms in total. The molecule has 1 heteroatoms. The maximum Gasteiger partial charge on any atom is 0.0420 e. The number of fused-ring (bicyclic) bond motifs is 1. The summed E-state index contributed by atoms with van der Waals surface area (Å²) in [4.78, 5) is 0. The van der Waals surface area contributed by atoms with Crippen molar-refractivity contribution in [2.24, 2.45) is 0 Å². The molecule has 0 bridgehead atoms. The lowest BCUT2D eigenvalue weighted by Gasteiger charge is -2.22. The predicted molar refractivity (Wildman–Crippen MR) is 145 cm³/mol. The number of hydrogen-bond acceptors (Lipinski definition) is 0. The first-order valence-electron chi connectivity index (χ1n) is 10.8. The molecular weight excluding hydrogens is 487 g/mol. The van der Waals surface area contributed by atoms with Crippen molar-refractivity contribution in [3.05, 3.63) is 96.1 Å². The number of benzene rings is 6. The smallest absolute Gasteiger partial charge is 0.0420 e. The van der Waals surface area contributed by atoms with Gasteiger partial charge in [-0.1, -0.05) is 108 Å². The largest absolute Gasteiger partial charge is 0.0742 e. The molecule has 0 unspecified atom stereocenters. The van der Waals surface area contributed by atoms with E-state index >= 15 is 0 Å². The predicted octanol–water partition coefficient (Wildman–Crippen LogP) is 9.38. The summed E-state index contributed by atoms with van der Waals surface area (Å²) in [6.45, 7) is 6.79. The summed E-state index contributed by atoms with van der Waals surface area (Å²) in [5, 5.41) is 10.8. The van der Waals surface area contributed by atoms with E-state index in [1.807, 2.05) is 0 Å². The molecule has 0 N–H and O–H groups in total. The second-order valence-electron chi connectivity index (χ2n) is 9.10. The van der Waals surface area contributed by atoms with Crippen LogP contribution in [-0.4, -0.2) is 0 Å². The zero-order valence-corrected chi connectivity index (χ0v) is 20.1. The Labute approximate surface area is 196 Å². The maximum absolute atomic E-state index is 2.56. The minimum Gasteiger partial charge on any atom is -0.0742 e. The fourth-order valence-corrected chi connectivity index (χ4v) is 5.71. The Morgan fingerprint density at radius 2 is 1.10 bits per heavy atom. The lowest BCUT2D eigenvalue weighted by molar-refractivity contribution is 0.836. The van der Waals surface area contributed by atoms with Crippen molar-refractivity contribution >= 4 is 65.7 Å². The van der Waals surface area contributed by atoms with Gasteiger partial charge in [0.15, 0.2) is 0 Å². The average Bonchev–Trinajstić information content (AvgIpc) is 2.77. The van der Waals surface area contributed by atoms with Crippen LogP contribution in [0.25, 0.3) is 54.2 Å². The highest BCUT2D eigenvalue weighted by Gasteiger charge is 2.21. The zero-order chi connectivity index (χ0) is 21.3. The van der Waals surface area contributed by atoms with Crippen LogP contribution in [-0.2, 0) is 3.42 Å². The third kappa shape index (κ3) is 2.79. The first-order valence-corrected chi connectivity index (χ1v) is 11.9. The van der Waals surface area contributed by atoms with Gasteiger partial charge in [0, 0.05) is 3.42 Å². The monoisotopic (exact) mass is 510 g/mol. The first kappa shape index (κ1) is 19.1. The maximum atomic E-state index is 2.56. The third-order valence-electron chi connectivity index (χ3n) is 6.74. The lowest BCUT2D eigenvalue weighted by Crippen LogP contribution is -2.07. The highest BCUT2D eigenvalue weighted by atomic mass is 127. The van der Waals surface area contributed by atoms with E-state index in [4.69, 9.17) is 0 Å². The summed E-state index contributed by atoms with van der Waals surface area (Å²) < 4.78 is 0.0794. The summed E-state index contributed by atoms with van der Waals surface area (Å²) in [5.41, 5.74) is 5.36. The van der Waals surface area contributed by atoms with Crippen LogP contribution >= 0.6 is 22.6 Å². The molecule has 0 heterocycles. The Morgan fingerprint density at radius 1 is 0.548 bits per heavy atom. The molecule has 6 aromatic carbocycles. The van der Waals surface area contributed by atoms with Gasteiger partial charge in [0.05, 0.1) is 0 Å². The Bertz CT molecular complexity index is 1620. The van der Waals surface area contributed by atoms with Gasteiger partial charge in [-0.05, 0) is 86.1 Å². The first-order chi connectivity index (χ1) is 14.9. The van der Waals surface area contributed by atoms with Crippen molar-refractivity contribution in [1.82, 2.24) is 0 Å². The van der Waals surface area contributed by atoms with Crippen LogP contribution in [0.1, 0.15) is 25.0 Å². The molecule has 6 aromatic rings. The van der Waals surface area contributed by atoms with E-state index in [-0.39, 0.29) is 3.42 Å². The van der Waals surface area contributed by atoms with Gasteiger partial charge in [-0.2, -0.15) is 0 Å². The highest BCUT2D eigenvalue weighted by molar-refractivity contribution is 14.1. The Hall–Kier alpha value is -2.65. The lowest BCUT2D eigenvalue weighted by atomic mass is 9.85. The number of alkyl halides is 1. The van der Waals surface area contributed by atoms with Crippen molar-refractivity contribution in [3.63, 3.8) is 0 Å². The van der Waals surface area contributed by atoms with Crippen LogP contribution in [0, 0.1) is 6.92 Å². The van der Waals surface area contributed by atoms with Crippen molar-refractivity contribution in [3.8, 4) is 11.1 Å². The topological polar surface area (TPSA) is 0 Å². The number of rotatable bonds is 2. The molecule has 0 aliphatic rings. The van der Waals surface area contributed by atoms with Gasteiger partial charge in [0.25, 0.3) is 0 Å². The summed E-state index contributed by atoms with van der Waals surface area (Å²) >= 11 is 2.56. The SMILES string of the molecule is Cc1ccc(-c2ccc3ccc4c(C(C)(C)I)ccc5ccc2c3c54)c2ccccc12. The van der Waals surface area contributed by atoms with E-state index in [0.29, 0.717) is 0 Å². The van der Waals surface area contributed by atoms with Crippen LogP contribution in [0.3, 0.4) is 0 Å². The molecule has 0 atom stereocenters. The second-order valence-corrected chi connectivity index (χ2v) is 11.8. The summed E-state index contributed by atoms with van der Waals surface area (Å²) in [6.07, 6.45) is 0. The standard InChI is InChI=1S/C30H23I/c1-18-8-13-23(22-7-5-4-6-21(18)22)24-14-9-19-11-16-26-27(30(2,3)31)17-12-20-10-15-25(24)28(19)29(20)26/h4-17H,1-3H3. The summed E-state index contributed by atoms with van der Waals surface area (Å²) in [6, 6.07) is 31.8.